The highest BCUT2D eigenvalue weighted by molar-refractivity contribution is 5.65. The van der Waals surface area contributed by atoms with Crippen molar-refractivity contribution in [3.8, 4) is 5.75 Å². The SMILES string of the molecule is O=[N+]([O-])Oc1ccccc1Nc1ccccc1. The van der Waals surface area contributed by atoms with Gasteiger partial charge in [-0.2, -0.15) is 0 Å². The molecule has 17 heavy (non-hydrogen) atoms. The molecule has 2 aromatic carbocycles. The summed E-state index contributed by atoms with van der Waals surface area (Å²) in [5.74, 6) is 0.182. The van der Waals surface area contributed by atoms with E-state index in [-0.39, 0.29) is 5.75 Å². The third-order valence-corrected chi connectivity index (χ3v) is 2.11. The molecule has 86 valence electrons. The first-order valence-corrected chi connectivity index (χ1v) is 4.99. The van der Waals surface area contributed by atoms with Crippen LogP contribution in [0.15, 0.2) is 54.6 Å². The first-order chi connectivity index (χ1) is 8.25. The van der Waals surface area contributed by atoms with Crippen LogP contribution in [0.1, 0.15) is 0 Å². The van der Waals surface area contributed by atoms with E-state index in [0.717, 1.165) is 5.69 Å². The smallest absolute Gasteiger partial charge is 0.299 e. The van der Waals surface area contributed by atoms with Crippen LogP contribution in [0.5, 0.6) is 5.75 Å². The van der Waals surface area contributed by atoms with Crippen LogP contribution in [0, 0.1) is 10.1 Å². The lowest BCUT2D eigenvalue weighted by Crippen LogP contribution is -2.05. The van der Waals surface area contributed by atoms with Gasteiger partial charge in [0.05, 0.1) is 5.69 Å². The summed E-state index contributed by atoms with van der Waals surface area (Å²) in [7, 11) is 0. The molecule has 0 radical (unpaired) electrons. The van der Waals surface area contributed by atoms with Crippen molar-refractivity contribution in [1.29, 1.82) is 0 Å². The predicted molar refractivity (Wildman–Crippen MR) is 63.8 cm³/mol. The van der Waals surface area contributed by atoms with Gasteiger partial charge >= 0.3 is 0 Å². The molecule has 0 aliphatic carbocycles. The van der Waals surface area contributed by atoms with Gasteiger partial charge in [-0.3, -0.25) is 4.84 Å². The van der Waals surface area contributed by atoms with E-state index in [1.165, 1.54) is 6.07 Å². The van der Waals surface area contributed by atoms with Crippen LogP contribution >= 0.6 is 0 Å². The van der Waals surface area contributed by atoms with Gasteiger partial charge in [-0.05, 0) is 24.3 Å². The lowest BCUT2D eigenvalue weighted by Gasteiger charge is -2.09. The van der Waals surface area contributed by atoms with E-state index in [4.69, 9.17) is 0 Å². The summed E-state index contributed by atoms with van der Waals surface area (Å²) in [6, 6.07) is 16.1. The summed E-state index contributed by atoms with van der Waals surface area (Å²) in [6.07, 6.45) is 0. The molecule has 0 amide bonds. The Balaban J connectivity index is 2.23. The summed E-state index contributed by atoms with van der Waals surface area (Å²) in [6.45, 7) is 0. The monoisotopic (exact) mass is 230 g/mol. The van der Waals surface area contributed by atoms with Crippen molar-refractivity contribution in [2.75, 3.05) is 5.32 Å². The summed E-state index contributed by atoms with van der Waals surface area (Å²) < 4.78 is 0. The van der Waals surface area contributed by atoms with Gasteiger partial charge in [-0.15, -0.1) is 10.1 Å². The van der Waals surface area contributed by atoms with Crippen molar-refractivity contribution in [3.05, 3.63) is 64.7 Å². The third-order valence-electron chi connectivity index (χ3n) is 2.11. The Bertz CT molecular complexity index is 514. The van der Waals surface area contributed by atoms with Crippen molar-refractivity contribution in [2.24, 2.45) is 0 Å². The minimum absolute atomic E-state index is 0.182. The van der Waals surface area contributed by atoms with E-state index in [9.17, 15) is 10.1 Å². The summed E-state index contributed by atoms with van der Waals surface area (Å²) in [5.41, 5.74) is 1.39. The summed E-state index contributed by atoms with van der Waals surface area (Å²) >= 11 is 0. The van der Waals surface area contributed by atoms with E-state index in [0.29, 0.717) is 5.69 Å². The Hall–Kier alpha value is -2.56. The number of anilines is 2. The third kappa shape index (κ3) is 2.94. The second-order valence-corrected chi connectivity index (χ2v) is 3.30. The highest BCUT2D eigenvalue weighted by Gasteiger charge is 2.05. The highest BCUT2D eigenvalue weighted by atomic mass is 17.0. The number of para-hydroxylation sites is 3. The quantitative estimate of drug-likeness (QED) is 0.647. The molecule has 0 aromatic heterocycles. The second kappa shape index (κ2) is 4.98. The number of benzene rings is 2. The number of rotatable bonds is 4. The lowest BCUT2D eigenvalue weighted by atomic mass is 10.2. The summed E-state index contributed by atoms with van der Waals surface area (Å²) in [4.78, 5) is 14.8. The van der Waals surface area contributed by atoms with Crippen molar-refractivity contribution in [3.63, 3.8) is 0 Å². The standard InChI is InChI=1S/C12H10N2O3/c15-14(16)17-12-9-5-4-8-11(12)13-10-6-2-1-3-7-10/h1-9,13H. The Kier molecular flexibility index (Phi) is 3.20. The molecule has 0 saturated heterocycles. The van der Waals surface area contributed by atoms with Crippen LogP contribution in [0.3, 0.4) is 0 Å². The van der Waals surface area contributed by atoms with Gasteiger partial charge in [0.1, 0.15) is 5.75 Å². The maximum absolute atomic E-state index is 10.3. The Morgan fingerprint density at radius 2 is 1.65 bits per heavy atom. The predicted octanol–water partition coefficient (Wildman–Crippen LogP) is 3.00. The normalized spacial score (nSPS) is 9.65. The molecule has 5 nitrogen and oxygen atoms in total. The highest BCUT2D eigenvalue weighted by Crippen LogP contribution is 2.27. The van der Waals surface area contributed by atoms with Crippen molar-refractivity contribution >= 4 is 11.4 Å². The minimum atomic E-state index is -0.828. The second-order valence-electron chi connectivity index (χ2n) is 3.30. The molecule has 0 aliphatic heterocycles. The molecule has 0 spiro atoms. The van der Waals surface area contributed by atoms with E-state index in [1.54, 1.807) is 18.2 Å². The van der Waals surface area contributed by atoms with Gasteiger partial charge in [-0.25, -0.2) is 0 Å². The lowest BCUT2D eigenvalue weighted by molar-refractivity contribution is -0.710. The van der Waals surface area contributed by atoms with Crippen molar-refractivity contribution in [1.82, 2.24) is 0 Å². The van der Waals surface area contributed by atoms with E-state index in [1.807, 2.05) is 30.3 Å². The zero-order chi connectivity index (χ0) is 12.1. The molecule has 0 saturated carbocycles. The van der Waals surface area contributed by atoms with Crippen LogP contribution in [0.25, 0.3) is 0 Å². The molecule has 5 heteroatoms. The Morgan fingerprint density at radius 1 is 1.00 bits per heavy atom. The molecule has 2 rings (SSSR count). The van der Waals surface area contributed by atoms with Gasteiger partial charge in [0.25, 0.3) is 5.09 Å². The van der Waals surface area contributed by atoms with Crippen molar-refractivity contribution in [2.45, 2.75) is 0 Å². The minimum Gasteiger partial charge on any atom is -0.354 e. The summed E-state index contributed by atoms with van der Waals surface area (Å²) in [5, 5.41) is 12.5. The molecule has 2 aromatic rings. The zero-order valence-corrected chi connectivity index (χ0v) is 8.87. The molecular weight excluding hydrogens is 220 g/mol. The number of nitrogens with zero attached hydrogens (tertiary/aromatic N) is 1. The van der Waals surface area contributed by atoms with E-state index in [2.05, 4.69) is 10.2 Å². The number of nitrogens with one attached hydrogen (secondary N) is 1. The average Bonchev–Trinajstić information content (AvgIpc) is 2.32. The van der Waals surface area contributed by atoms with Gasteiger partial charge < -0.3 is 5.32 Å². The molecule has 0 atom stereocenters. The van der Waals surface area contributed by atoms with Crippen LogP contribution in [0.2, 0.25) is 0 Å². The maximum atomic E-state index is 10.3. The van der Waals surface area contributed by atoms with Crippen LogP contribution in [-0.4, -0.2) is 5.09 Å². The molecular formula is C12H10N2O3. The number of hydrogen-bond donors (Lipinski definition) is 1. The van der Waals surface area contributed by atoms with Crippen LogP contribution in [0.4, 0.5) is 11.4 Å². The fourth-order valence-electron chi connectivity index (χ4n) is 1.41. The van der Waals surface area contributed by atoms with E-state index < -0.39 is 5.09 Å². The molecule has 0 aliphatic rings. The average molecular weight is 230 g/mol. The molecule has 1 N–H and O–H groups in total. The van der Waals surface area contributed by atoms with Gasteiger partial charge in [0, 0.05) is 5.69 Å². The van der Waals surface area contributed by atoms with Gasteiger partial charge in [-0.1, -0.05) is 30.3 Å². The molecule has 0 bridgehead atoms. The molecule has 0 unspecified atom stereocenters. The Morgan fingerprint density at radius 3 is 2.35 bits per heavy atom. The molecule has 0 fully saturated rings. The number of hydrogen-bond acceptors (Lipinski definition) is 4. The molecule has 0 heterocycles. The first kappa shape index (κ1) is 10.9. The fourth-order valence-corrected chi connectivity index (χ4v) is 1.41. The van der Waals surface area contributed by atoms with Crippen molar-refractivity contribution < 1.29 is 9.92 Å². The fraction of sp³-hybridized carbons (Fsp3) is 0. The van der Waals surface area contributed by atoms with Gasteiger partial charge in [0.15, 0.2) is 0 Å². The largest absolute Gasteiger partial charge is 0.354 e. The maximum Gasteiger partial charge on any atom is 0.299 e. The Labute approximate surface area is 97.8 Å². The van der Waals surface area contributed by atoms with Gasteiger partial charge in [0.2, 0.25) is 0 Å². The van der Waals surface area contributed by atoms with Crippen LogP contribution in [-0.2, 0) is 0 Å². The zero-order valence-electron chi connectivity index (χ0n) is 8.87. The first-order valence-electron chi connectivity index (χ1n) is 4.99. The van der Waals surface area contributed by atoms with Crippen LogP contribution < -0.4 is 10.2 Å². The van der Waals surface area contributed by atoms with E-state index >= 15 is 0 Å². The topological polar surface area (TPSA) is 64.4 Å².